The highest BCUT2D eigenvalue weighted by Crippen LogP contribution is 2.22. The van der Waals surface area contributed by atoms with Crippen LogP contribution in [0.1, 0.15) is 5.56 Å². The first kappa shape index (κ1) is 20.0. The Hall–Kier alpha value is -2.25. The molecule has 3 aromatic rings. The Labute approximate surface area is 176 Å². The molecule has 0 radical (unpaired) electrons. The number of aromatic nitrogens is 1. The molecular formula is C22H22ClN3O2S. The van der Waals surface area contributed by atoms with E-state index < -0.39 is 10.0 Å². The molecule has 0 aliphatic carbocycles. The van der Waals surface area contributed by atoms with Crippen molar-refractivity contribution in [1.29, 1.82) is 0 Å². The molecule has 1 aromatic heterocycles. The second-order valence-electron chi connectivity index (χ2n) is 7.07. The van der Waals surface area contributed by atoms with Crippen molar-refractivity contribution < 1.29 is 8.42 Å². The van der Waals surface area contributed by atoms with Crippen molar-refractivity contribution in [2.45, 2.75) is 11.4 Å². The summed E-state index contributed by atoms with van der Waals surface area (Å²) >= 11 is 5.87. The van der Waals surface area contributed by atoms with E-state index in [9.17, 15) is 8.42 Å². The highest BCUT2D eigenvalue weighted by Gasteiger charge is 2.28. The number of halogens is 1. The molecule has 0 N–H and O–H groups in total. The molecular weight excluding hydrogens is 406 g/mol. The molecule has 1 aliphatic rings. The van der Waals surface area contributed by atoms with Gasteiger partial charge in [0.05, 0.1) is 4.90 Å². The van der Waals surface area contributed by atoms with Crippen molar-refractivity contribution in [2.75, 3.05) is 26.2 Å². The van der Waals surface area contributed by atoms with Crippen LogP contribution in [-0.4, -0.2) is 48.8 Å². The van der Waals surface area contributed by atoms with Gasteiger partial charge in [-0.1, -0.05) is 35.9 Å². The number of pyridine rings is 1. The van der Waals surface area contributed by atoms with Crippen molar-refractivity contribution in [2.24, 2.45) is 0 Å². The van der Waals surface area contributed by atoms with Crippen LogP contribution in [0.25, 0.3) is 11.1 Å². The third-order valence-electron chi connectivity index (χ3n) is 5.16. The van der Waals surface area contributed by atoms with E-state index in [0.717, 1.165) is 17.7 Å². The highest BCUT2D eigenvalue weighted by molar-refractivity contribution is 7.89. The average molecular weight is 428 g/mol. The summed E-state index contributed by atoms with van der Waals surface area (Å²) in [6.07, 6.45) is 3.58. The van der Waals surface area contributed by atoms with Crippen LogP contribution in [0.4, 0.5) is 0 Å². The zero-order chi connectivity index (χ0) is 20.3. The van der Waals surface area contributed by atoms with E-state index in [4.69, 9.17) is 11.6 Å². The van der Waals surface area contributed by atoms with Crippen molar-refractivity contribution >= 4 is 21.6 Å². The Morgan fingerprint density at radius 3 is 2.00 bits per heavy atom. The van der Waals surface area contributed by atoms with Crippen LogP contribution in [0.2, 0.25) is 5.02 Å². The van der Waals surface area contributed by atoms with Gasteiger partial charge in [0, 0.05) is 50.1 Å². The Balaban J connectivity index is 1.36. The molecule has 1 fully saturated rings. The zero-order valence-electron chi connectivity index (χ0n) is 15.9. The van der Waals surface area contributed by atoms with E-state index >= 15 is 0 Å². The van der Waals surface area contributed by atoms with Crippen LogP contribution in [0, 0.1) is 0 Å². The van der Waals surface area contributed by atoms with Gasteiger partial charge in [0.1, 0.15) is 0 Å². The summed E-state index contributed by atoms with van der Waals surface area (Å²) in [7, 11) is -3.47. The third-order valence-corrected chi connectivity index (χ3v) is 7.32. The number of benzene rings is 2. The Morgan fingerprint density at radius 2 is 1.38 bits per heavy atom. The maximum atomic E-state index is 12.8. The van der Waals surface area contributed by atoms with E-state index in [1.807, 2.05) is 12.1 Å². The Kier molecular flexibility index (Phi) is 5.96. The van der Waals surface area contributed by atoms with Crippen LogP contribution in [0.5, 0.6) is 0 Å². The molecule has 150 valence electrons. The summed E-state index contributed by atoms with van der Waals surface area (Å²) < 4.78 is 27.1. The van der Waals surface area contributed by atoms with E-state index in [2.05, 4.69) is 34.1 Å². The minimum atomic E-state index is -3.47. The van der Waals surface area contributed by atoms with Crippen molar-refractivity contribution in [3.63, 3.8) is 0 Å². The topological polar surface area (TPSA) is 53.5 Å². The molecule has 4 rings (SSSR count). The van der Waals surface area contributed by atoms with E-state index in [1.54, 1.807) is 41.0 Å². The van der Waals surface area contributed by atoms with Crippen LogP contribution in [0.15, 0.2) is 78.0 Å². The SMILES string of the molecule is O=S(=O)(c1ccc(Cl)cc1)N1CCN(Cc2ccc(-c3ccncc3)cc2)CC1. The van der Waals surface area contributed by atoms with Crippen LogP contribution >= 0.6 is 11.6 Å². The smallest absolute Gasteiger partial charge is 0.243 e. The number of hydrogen-bond donors (Lipinski definition) is 0. The quantitative estimate of drug-likeness (QED) is 0.619. The molecule has 5 nitrogen and oxygen atoms in total. The van der Waals surface area contributed by atoms with Crippen molar-refractivity contribution in [1.82, 2.24) is 14.2 Å². The number of sulfonamides is 1. The number of rotatable bonds is 5. The molecule has 0 bridgehead atoms. The van der Waals surface area contributed by atoms with Gasteiger partial charge in [-0.2, -0.15) is 4.31 Å². The monoisotopic (exact) mass is 427 g/mol. The fourth-order valence-corrected chi connectivity index (χ4v) is 5.04. The van der Waals surface area contributed by atoms with Gasteiger partial charge in [-0.15, -0.1) is 0 Å². The molecule has 0 unspecified atom stereocenters. The summed E-state index contributed by atoms with van der Waals surface area (Å²) in [5.74, 6) is 0. The maximum absolute atomic E-state index is 12.8. The normalized spacial score (nSPS) is 16.0. The van der Waals surface area contributed by atoms with Gasteiger partial charge < -0.3 is 0 Å². The van der Waals surface area contributed by atoms with Crippen molar-refractivity contribution in [3.8, 4) is 11.1 Å². The lowest BCUT2D eigenvalue weighted by Crippen LogP contribution is -2.48. The average Bonchev–Trinajstić information content (AvgIpc) is 2.76. The van der Waals surface area contributed by atoms with Crippen LogP contribution < -0.4 is 0 Å². The summed E-state index contributed by atoms with van der Waals surface area (Å²) in [4.78, 5) is 6.63. The standard InChI is InChI=1S/C22H22ClN3O2S/c23-21-5-7-22(8-6-21)29(27,28)26-15-13-25(14-16-26)17-18-1-3-19(4-2-18)20-9-11-24-12-10-20/h1-12H,13-17H2. The maximum Gasteiger partial charge on any atom is 0.243 e. The largest absolute Gasteiger partial charge is 0.296 e. The predicted molar refractivity (Wildman–Crippen MR) is 115 cm³/mol. The molecule has 0 atom stereocenters. The lowest BCUT2D eigenvalue weighted by molar-refractivity contribution is 0.181. The fourth-order valence-electron chi connectivity index (χ4n) is 3.49. The van der Waals surface area contributed by atoms with Gasteiger partial charge in [0.25, 0.3) is 0 Å². The molecule has 2 heterocycles. The van der Waals surface area contributed by atoms with E-state index in [-0.39, 0.29) is 0 Å². The van der Waals surface area contributed by atoms with E-state index in [1.165, 1.54) is 5.56 Å². The van der Waals surface area contributed by atoms with Gasteiger partial charge in [-0.3, -0.25) is 9.88 Å². The number of piperazine rings is 1. The zero-order valence-corrected chi connectivity index (χ0v) is 17.5. The first-order valence-electron chi connectivity index (χ1n) is 9.50. The predicted octanol–water partition coefficient (Wildman–Crippen LogP) is 3.91. The molecule has 1 aliphatic heterocycles. The molecule has 7 heteroatoms. The Morgan fingerprint density at radius 1 is 0.793 bits per heavy atom. The number of hydrogen-bond acceptors (Lipinski definition) is 4. The van der Waals surface area contributed by atoms with Gasteiger partial charge in [-0.05, 0) is 53.1 Å². The Bertz CT molecular complexity index is 1050. The molecule has 0 amide bonds. The first-order chi connectivity index (χ1) is 14.0. The first-order valence-corrected chi connectivity index (χ1v) is 11.3. The second-order valence-corrected chi connectivity index (χ2v) is 9.44. The summed E-state index contributed by atoms with van der Waals surface area (Å²) in [6.45, 7) is 3.20. The van der Waals surface area contributed by atoms with Gasteiger partial charge in [-0.25, -0.2) is 8.42 Å². The lowest BCUT2D eigenvalue weighted by atomic mass is 10.0. The fraction of sp³-hybridized carbons (Fsp3) is 0.227. The minimum absolute atomic E-state index is 0.294. The van der Waals surface area contributed by atoms with E-state index in [0.29, 0.717) is 36.1 Å². The molecule has 2 aromatic carbocycles. The minimum Gasteiger partial charge on any atom is -0.296 e. The van der Waals surface area contributed by atoms with Gasteiger partial charge in [0.15, 0.2) is 0 Å². The molecule has 1 saturated heterocycles. The number of nitrogens with zero attached hydrogens (tertiary/aromatic N) is 3. The highest BCUT2D eigenvalue weighted by atomic mass is 35.5. The molecule has 0 saturated carbocycles. The summed E-state index contributed by atoms with van der Waals surface area (Å²) in [6, 6.07) is 18.8. The second kappa shape index (κ2) is 8.63. The summed E-state index contributed by atoms with van der Waals surface area (Å²) in [5.41, 5.74) is 3.53. The van der Waals surface area contributed by atoms with Crippen LogP contribution in [-0.2, 0) is 16.6 Å². The van der Waals surface area contributed by atoms with Crippen molar-refractivity contribution in [3.05, 3.63) is 83.6 Å². The van der Waals surface area contributed by atoms with Crippen LogP contribution in [0.3, 0.4) is 0 Å². The lowest BCUT2D eigenvalue weighted by Gasteiger charge is -2.34. The summed E-state index contributed by atoms with van der Waals surface area (Å²) in [5, 5.41) is 0.531. The molecule has 29 heavy (non-hydrogen) atoms. The van der Waals surface area contributed by atoms with Gasteiger partial charge >= 0.3 is 0 Å². The molecule has 0 spiro atoms. The third kappa shape index (κ3) is 4.67. The van der Waals surface area contributed by atoms with Gasteiger partial charge in [0.2, 0.25) is 10.0 Å².